The number of hydrogen-bond acceptors (Lipinski definition) is 3. The van der Waals surface area contributed by atoms with Gasteiger partial charge in [0.15, 0.2) is 0 Å². The molecule has 0 unspecified atom stereocenters. The summed E-state index contributed by atoms with van der Waals surface area (Å²) >= 11 is 3.47. The maximum Gasteiger partial charge on any atom is 0.0409 e. The van der Waals surface area contributed by atoms with Crippen LogP contribution in [0.3, 0.4) is 0 Å². The van der Waals surface area contributed by atoms with Crippen molar-refractivity contribution in [2.75, 3.05) is 0 Å². The number of rotatable bonds is 0. The monoisotopic (exact) mass is 295 g/mol. The van der Waals surface area contributed by atoms with Crippen molar-refractivity contribution in [2.24, 2.45) is 0 Å². The molecule has 0 atom stereocenters. The molecule has 0 aromatic carbocycles. The Balaban J connectivity index is 0.000000191. The van der Waals surface area contributed by atoms with Gasteiger partial charge in [-0.3, -0.25) is 0 Å². The molecule has 1 nitrogen and oxygen atoms in total. The highest BCUT2D eigenvalue weighted by Gasteiger charge is 2.15. The van der Waals surface area contributed by atoms with Gasteiger partial charge in [-0.25, -0.2) is 4.37 Å². The number of nitrogens with zero attached hydrogens (tertiary/aromatic N) is 1. The summed E-state index contributed by atoms with van der Waals surface area (Å²) in [6, 6.07) is 6.48. The molecule has 3 heteroatoms. The standard InChI is InChI=1S/C9H14S.C7H11NS/c1-7-5-6-8(10-7)9(2,3)4;1-7(2,3)6-4-5-8-9-6/h5-6H,1-4H3;4-5H,1-3H3. The molecule has 0 spiro atoms. The van der Waals surface area contributed by atoms with E-state index in [1.807, 2.05) is 17.5 Å². The molecule has 2 aromatic rings. The summed E-state index contributed by atoms with van der Waals surface area (Å²) < 4.78 is 4.03. The average Bonchev–Trinajstić information content (AvgIpc) is 2.84. The van der Waals surface area contributed by atoms with Gasteiger partial charge >= 0.3 is 0 Å². The van der Waals surface area contributed by atoms with E-state index in [0.717, 1.165) is 0 Å². The molecule has 0 amide bonds. The first-order chi connectivity index (χ1) is 8.60. The Morgan fingerprint density at radius 3 is 1.63 bits per heavy atom. The van der Waals surface area contributed by atoms with E-state index in [4.69, 9.17) is 0 Å². The van der Waals surface area contributed by atoms with Crippen LogP contribution in [0.15, 0.2) is 24.4 Å². The summed E-state index contributed by atoms with van der Waals surface area (Å²) in [7, 11) is 0. The molecular weight excluding hydrogens is 270 g/mol. The third kappa shape index (κ3) is 5.45. The van der Waals surface area contributed by atoms with Crippen molar-refractivity contribution in [1.29, 1.82) is 0 Å². The fourth-order valence-corrected chi connectivity index (χ4v) is 3.00. The van der Waals surface area contributed by atoms with Gasteiger partial charge in [-0.05, 0) is 47.5 Å². The van der Waals surface area contributed by atoms with E-state index in [9.17, 15) is 0 Å². The molecule has 0 bridgehead atoms. The molecule has 0 radical (unpaired) electrons. The van der Waals surface area contributed by atoms with Crippen LogP contribution in [0.5, 0.6) is 0 Å². The van der Waals surface area contributed by atoms with Crippen LogP contribution in [0.1, 0.15) is 56.2 Å². The lowest BCUT2D eigenvalue weighted by Gasteiger charge is -2.14. The maximum atomic E-state index is 4.03. The third-order valence-electron chi connectivity index (χ3n) is 2.66. The van der Waals surface area contributed by atoms with Crippen molar-refractivity contribution in [3.63, 3.8) is 0 Å². The number of thiophene rings is 1. The highest BCUT2D eigenvalue weighted by atomic mass is 32.1. The molecule has 0 fully saturated rings. The second kappa shape index (κ2) is 6.19. The van der Waals surface area contributed by atoms with Crippen LogP contribution in [0.4, 0.5) is 0 Å². The van der Waals surface area contributed by atoms with Gasteiger partial charge in [-0.2, -0.15) is 0 Å². The van der Waals surface area contributed by atoms with Crippen molar-refractivity contribution in [3.8, 4) is 0 Å². The normalized spacial score (nSPS) is 11.9. The van der Waals surface area contributed by atoms with E-state index < -0.39 is 0 Å². The lowest BCUT2D eigenvalue weighted by atomic mass is 9.95. The van der Waals surface area contributed by atoms with Gasteiger partial charge in [0.05, 0.1) is 0 Å². The minimum absolute atomic E-state index is 0.279. The molecule has 0 aliphatic rings. The van der Waals surface area contributed by atoms with E-state index in [1.165, 1.54) is 14.6 Å². The van der Waals surface area contributed by atoms with Crippen molar-refractivity contribution < 1.29 is 0 Å². The number of aryl methyl sites for hydroxylation is 1. The molecule has 0 N–H and O–H groups in total. The Labute approximate surface area is 125 Å². The quantitative estimate of drug-likeness (QED) is 0.599. The van der Waals surface area contributed by atoms with Crippen LogP contribution in [-0.2, 0) is 10.8 Å². The zero-order valence-electron chi connectivity index (χ0n) is 13.1. The highest BCUT2D eigenvalue weighted by molar-refractivity contribution is 7.12. The van der Waals surface area contributed by atoms with Crippen molar-refractivity contribution in [1.82, 2.24) is 4.37 Å². The minimum atomic E-state index is 0.279. The number of aromatic nitrogens is 1. The van der Waals surface area contributed by atoms with Crippen LogP contribution in [0.25, 0.3) is 0 Å². The minimum Gasteiger partial charge on any atom is -0.201 e. The summed E-state index contributed by atoms with van der Waals surface area (Å²) in [5.74, 6) is 0. The summed E-state index contributed by atoms with van der Waals surface area (Å²) in [6.45, 7) is 15.5. The molecular formula is C16H25NS2. The summed E-state index contributed by atoms with van der Waals surface area (Å²) in [4.78, 5) is 4.23. The van der Waals surface area contributed by atoms with Crippen molar-refractivity contribution in [2.45, 2.75) is 59.3 Å². The van der Waals surface area contributed by atoms with Gasteiger partial charge in [0, 0.05) is 20.8 Å². The molecule has 2 rings (SSSR count). The van der Waals surface area contributed by atoms with Gasteiger partial charge < -0.3 is 0 Å². The molecule has 0 saturated carbocycles. The van der Waals surface area contributed by atoms with Crippen LogP contribution < -0.4 is 0 Å². The fourth-order valence-electron chi connectivity index (χ4n) is 1.44. The predicted octanol–water partition coefficient (Wildman–Crippen LogP) is 5.79. The Kier molecular flexibility index (Phi) is 5.34. The topological polar surface area (TPSA) is 12.9 Å². The highest BCUT2D eigenvalue weighted by Crippen LogP contribution is 2.28. The molecule has 0 aliphatic carbocycles. The van der Waals surface area contributed by atoms with Crippen molar-refractivity contribution >= 4 is 22.9 Å². The lowest BCUT2D eigenvalue weighted by molar-refractivity contribution is 0.603. The average molecular weight is 296 g/mol. The van der Waals surface area contributed by atoms with Gasteiger partial charge in [0.25, 0.3) is 0 Å². The molecule has 106 valence electrons. The SMILES string of the molecule is CC(C)(C)c1ccns1.Cc1ccc(C(C)(C)C)s1. The maximum absolute atomic E-state index is 4.03. The van der Waals surface area contributed by atoms with E-state index >= 15 is 0 Å². The first-order valence-electron chi connectivity index (χ1n) is 6.59. The Morgan fingerprint density at radius 1 is 0.842 bits per heavy atom. The van der Waals surface area contributed by atoms with Gasteiger partial charge in [-0.1, -0.05) is 41.5 Å². The summed E-state index contributed by atoms with van der Waals surface area (Å²) in [5, 5.41) is 0. The Morgan fingerprint density at radius 2 is 1.42 bits per heavy atom. The van der Waals surface area contributed by atoms with Crippen LogP contribution in [0, 0.1) is 6.92 Å². The van der Waals surface area contributed by atoms with E-state index in [1.54, 1.807) is 11.5 Å². The lowest BCUT2D eigenvalue weighted by Crippen LogP contribution is -2.07. The summed E-state index contributed by atoms with van der Waals surface area (Å²) in [6.07, 6.45) is 1.85. The molecule has 2 heterocycles. The van der Waals surface area contributed by atoms with Crippen LogP contribution in [-0.4, -0.2) is 4.37 Å². The first-order valence-corrected chi connectivity index (χ1v) is 8.18. The van der Waals surface area contributed by atoms with Crippen LogP contribution >= 0.6 is 22.9 Å². The van der Waals surface area contributed by atoms with E-state index in [2.05, 4.69) is 71.0 Å². The largest absolute Gasteiger partial charge is 0.201 e. The second-order valence-corrected chi connectivity index (χ2v) is 8.91. The second-order valence-electron chi connectivity index (χ2n) is 6.79. The first kappa shape index (κ1) is 16.4. The van der Waals surface area contributed by atoms with E-state index in [0.29, 0.717) is 5.41 Å². The van der Waals surface area contributed by atoms with Gasteiger partial charge in [-0.15, -0.1) is 11.3 Å². The zero-order chi connectivity index (χ0) is 14.7. The number of hydrogen-bond donors (Lipinski definition) is 0. The molecule has 19 heavy (non-hydrogen) atoms. The van der Waals surface area contributed by atoms with Gasteiger partial charge in [0.2, 0.25) is 0 Å². The molecule has 2 aromatic heterocycles. The predicted molar refractivity (Wildman–Crippen MR) is 88.6 cm³/mol. The van der Waals surface area contributed by atoms with Crippen LogP contribution in [0.2, 0.25) is 0 Å². The Hall–Kier alpha value is -0.670. The molecule has 0 aliphatic heterocycles. The zero-order valence-corrected chi connectivity index (χ0v) is 14.7. The van der Waals surface area contributed by atoms with Crippen molar-refractivity contribution in [3.05, 3.63) is 39.0 Å². The fraction of sp³-hybridized carbons (Fsp3) is 0.562. The molecule has 0 saturated heterocycles. The summed E-state index contributed by atoms with van der Waals surface area (Å²) in [5.41, 5.74) is 0.611. The smallest absolute Gasteiger partial charge is 0.0409 e. The van der Waals surface area contributed by atoms with E-state index in [-0.39, 0.29) is 5.41 Å². The van der Waals surface area contributed by atoms with Gasteiger partial charge in [0.1, 0.15) is 0 Å². The third-order valence-corrected chi connectivity index (χ3v) is 5.26. The Bertz CT molecular complexity index is 482.